The van der Waals surface area contributed by atoms with Crippen LogP contribution in [0.1, 0.15) is 41.0 Å². The highest BCUT2D eigenvalue weighted by Gasteiger charge is 2.29. The van der Waals surface area contributed by atoms with Crippen molar-refractivity contribution in [3.63, 3.8) is 0 Å². The van der Waals surface area contributed by atoms with Crippen molar-refractivity contribution in [3.8, 4) is 0 Å². The van der Waals surface area contributed by atoms with Crippen molar-refractivity contribution in [2.24, 2.45) is 0 Å². The van der Waals surface area contributed by atoms with E-state index in [-0.39, 0.29) is 0 Å². The van der Waals surface area contributed by atoms with Gasteiger partial charge in [0.05, 0.1) is 6.20 Å². The van der Waals surface area contributed by atoms with E-state index in [2.05, 4.69) is 20.5 Å². The number of aldehydes is 1. The van der Waals surface area contributed by atoms with E-state index in [1.807, 2.05) is 0 Å². The fraction of sp³-hybridized carbons (Fsp3) is 0.444. The Labute approximate surface area is 90.4 Å². The maximum atomic E-state index is 10.4. The van der Waals surface area contributed by atoms with Crippen LogP contribution in [0.2, 0.25) is 0 Å². The van der Waals surface area contributed by atoms with Crippen LogP contribution in [0.4, 0.5) is 0 Å². The highest BCUT2D eigenvalue weighted by atomic mass is 16.5. The lowest BCUT2D eigenvalue weighted by Crippen LogP contribution is -2.02. The first kappa shape index (κ1) is 9.20. The Morgan fingerprint density at radius 1 is 1.56 bits per heavy atom. The molecular weight excluding hydrogens is 210 g/mol. The van der Waals surface area contributed by atoms with Gasteiger partial charge in [0.1, 0.15) is 12.2 Å². The molecule has 1 fully saturated rings. The van der Waals surface area contributed by atoms with Gasteiger partial charge in [0.25, 0.3) is 0 Å². The Balaban J connectivity index is 1.74. The van der Waals surface area contributed by atoms with Gasteiger partial charge in [-0.2, -0.15) is 4.98 Å². The van der Waals surface area contributed by atoms with Gasteiger partial charge in [-0.3, -0.25) is 4.79 Å². The third kappa shape index (κ3) is 1.71. The molecule has 7 nitrogen and oxygen atoms in total. The first-order valence-corrected chi connectivity index (χ1v) is 5.03. The Hall–Kier alpha value is -2.05. The molecule has 1 aliphatic rings. The molecule has 16 heavy (non-hydrogen) atoms. The van der Waals surface area contributed by atoms with Gasteiger partial charge in [-0.15, -0.1) is 5.10 Å². The molecule has 0 aromatic carbocycles. The summed E-state index contributed by atoms with van der Waals surface area (Å²) in [5.74, 6) is 1.71. The third-order valence-electron chi connectivity index (χ3n) is 2.39. The van der Waals surface area contributed by atoms with E-state index in [1.165, 1.54) is 4.68 Å². The van der Waals surface area contributed by atoms with Crippen LogP contribution in [0.25, 0.3) is 0 Å². The summed E-state index contributed by atoms with van der Waals surface area (Å²) >= 11 is 0. The van der Waals surface area contributed by atoms with Crippen LogP contribution in [-0.4, -0.2) is 31.4 Å². The number of hydrogen-bond donors (Lipinski definition) is 0. The lowest BCUT2D eigenvalue weighted by molar-refractivity contribution is 0.111. The van der Waals surface area contributed by atoms with Gasteiger partial charge in [-0.25, -0.2) is 4.68 Å². The lowest BCUT2D eigenvalue weighted by Gasteiger charge is -1.91. The van der Waals surface area contributed by atoms with E-state index >= 15 is 0 Å². The number of rotatable bonds is 4. The molecule has 3 rings (SSSR count). The zero-order valence-corrected chi connectivity index (χ0v) is 8.41. The molecule has 0 aliphatic heterocycles. The second-order valence-electron chi connectivity index (χ2n) is 3.78. The summed E-state index contributed by atoms with van der Waals surface area (Å²) in [5.41, 5.74) is 0.297. The average molecular weight is 219 g/mol. The molecule has 1 aliphatic carbocycles. The molecule has 0 unspecified atom stereocenters. The Bertz CT molecular complexity index is 513. The molecule has 0 bridgehead atoms. The molecule has 2 heterocycles. The molecule has 0 atom stereocenters. The topological polar surface area (TPSA) is 86.7 Å². The van der Waals surface area contributed by atoms with Crippen molar-refractivity contribution in [1.82, 2.24) is 25.1 Å². The minimum Gasteiger partial charge on any atom is -0.339 e. The van der Waals surface area contributed by atoms with Crippen molar-refractivity contribution in [2.45, 2.75) is 25.3 Å². The average Bonchev–Trinajstić information content (AvgIpc) is 2.88. The summed E-state index contributed by atoms with van der Waals surface area (Å²) in [4.78, 5) is 14.7. The third-order valence-corrected chi connectivity index (χ3v) is 2.39. The first-order valence-electron chi connectivity index (χ1n) is 5.03. The van der Waals surface area contributed by atoms with Gasteiger partial charge in [-0.1, -0.05) is 10.4 Å². The summed E-state index contributed by atoms with van der Waals surface area (Å²) < 4.78 is 6.61. The van der Waals surface area contributed by atoms with Crippen molar-refractivity contribution in [2.75, 3.05) is 0 Å². The van der Waals surface area contributed by atoms with E-state index in [4.69, 9.17) is 4.52 Å². The summed E-state index contributed by atoms with van der Waals surface area (Å²) in [6.07, 6.45) is 4.44. The van der Waals surface area contributed by atoms with Gasteiger partial charge >= 0.3 is 0 Å². The van der Waals surface area contributed by atoms with E-state index in [1.54, 1.807) is 6.20 Å². The molecule has 0 radical (unpaired) electrons. The van der Waals surface area contributed by atoms with E-state index < -0.39 is 0 Å². The molecule has 2 aromatic heterocycles. The summed E-state index contributed by atoms with van der Waals surface area (Å²) in [5, 5.41) is 11.3. The molecular formula is C9H9N5O2. The van der Waals surface area contributed by atoms with Crippen LogP contribution in [0.5, 0.6) is 0 Å². The Morgan fingerprint density at radius 2 is 2.44 bits per heavy atom. The van der Waals surface area contributed by atoms with Gasteiger partial charge in [0.2, 0.25) is 5.89 Å². The van der Waals surface area contributed by atoms with Gasteiger partial charge < -0.3 is 4.52 Å². The van der Waals surface area contributed by atoms with Crippen LogP contribution in [0.3, 0.4) is 0 Å². The maximum absolute atomic E-state index is 10.4. The van der Waals surface area contributed by atoms with E-state index in [0.29, 0.717) is 36.2 Å². The molecule has 82 valence electrons. The number of carbonyl (C=O) groups excluding carboxylic acids is 1. The molecule has 2 aromatic rings. The van der Waals surface area contributed by atoms with Crippen molar-refractivity contribution in [3.05, 3.63) is 23.6 Å². The largest absolute Gasteiger partial charge is 0.339 e. The SMILES string of the molecule is O=Cc1cn(Cc2noc(C3CC3)n2)nn1. The van der Waals surface area contributed by atoms with Crippen molar-refractivity contribution >= 4 is 6.29 Å². The van der Waals surface area contributed by atoms with E-state index in [0.717, 1.165) is 12.8 Å². The van der Waals surface area contributed by atoms with Crippen LogP contribution in [0.15, 0.2) is 10.7 Å². The van der Waals surface area contributed by atoms with Crippen LogP contribution < -0.4 is 0 Å². The smallest absolute Gasteiger partial charge is 0.229 e. The molecule has 0 N–H and O–H groups in total. The molecule has 0 saturated heterocycles. The summed E-state index contributed by atoms with van der Waals surface area (Å²) in [6.45, 7) is 0.372. The van der Waals surface area contributed by atoms with Crippen LogP contribution in [-0.2, 0) is 6.54 Å². The quantitative estimate of drug-likeness (QED) is 0.691. The van der Waals surface area contributed by atoms with E-state index in [9.17, 15) is 4.79 Å². The van der Waals surface area contributed by atoms with Gasteiger partial charge in [-0.05, 0) is 12.8 Å². The second kappa shape index (κ2) is 3.51. The number of aromatic nitrogens is 5. The first-order chi connectivity index (χ1) is 7.85. The zero-order chi connectivity index (χ0) is 11.0. The van der Waals surface area contributed by atoms with Crippen LogP contribution >= 0.6 is 0 Å². The standard InChI is InChI=1S/C9H9N5O2/c15-5-7-3-14(13-11-7)4-8-10-9(16-12-8)6-1-2-6/h3,5-6H,1-2,4H2. The Kier molecular flexibility index (Phi) is 2.02. The van der Waals surface area contributed by atoms with Gasteiger partial charge in [0.15, 0.2) is 12.1 Å². The molecule has 0 spiro atoms. The minimum absolute atomic E-state index is 0.297. The lowest BCUT2D eigenvalue weighted by atomic mass is 10.4. The molecule has 0 amide bonds. The second-order valence-corrected chi connectivity index (χ2v) is 3.78. The normalized spacial score (nSPS) is 15.2. The Morgan fingerprint density at radius 3 is 3.12 bits per heavy atom. The summed E-state index contributed by atoms with van der Waals surface area (Å²) in [6, 6.07) is 0. The number of carbonyl (C=O) groups is 1. The van der Waals surface area contributed by atoms with Crippen molar-refractivity contribution < 1.29 is 9.32 Å². The zero-order valence-electron chi connectivity index (χ0n) is 8.41. The summed E-state index contributed by atoms with van der Waals surface area (Å²) in [7, 11) is 0. The minimum atomic E-state index is 0.297. The van der Waals surface area contributed by atoms with Gasteiger partial charge in [0, 0.05) is 5.92 Å². The van der Waals surface area contributed by atoms with Crippen LogP contribution in [0, 0.1) is 0 Å². The highest BCUT2D eigenvalue weighted by Crippen LogP contribution is 2.38. The predicted octanol–water partition coefficient (Wildman–Crippen LogP) is 0.399. The monoisotopic (exact) mass is 219 g/mol. The van der Waals surface area contributed by atoms with Crippen molar-refractivity contribution in [1.29, 1.82) is 0 Å². The molecule has 1 saturated carbocycles. The highest BCUT2D eigenvalue weighted by molar-refractivity contribution is 5.70. The number of hydrogen-bond acceptors (Lipinski definition) is 6. The maximum Gasteiger partial charge on any atom is 0.229 e. The fourth-order valence-electron chi connectivity index (χ4n) is 1.42. The predicted molar refractivity (Wildman–Crippen MR) is 50.8 cm³/mol. The number of nitrogens with zero attached hydrogens (tertiary/aromatic N) is 5. The molecule has 7 heteroatoms. The fourth-order valence-corrected chi connectivity index (χ4v) is 1.42.